The van der Waals surface area contributed by atoms with Gasteiger partial charge in [-0.2, -0.15) is 4.98 Å². The van der Waals surface area contributed by atoms with E-state index in [1.165, 1.54) is 0 Å². The highest BCUT2D eigenvalue weighted by Gasteiger charge is 2.02. The smallest absolute Gasteiger partial charge is 0.252 e. The molecule has 1 aromatic heterocycles. The molecule has 0 aliphatic carbocycles. The van der Waals surface area contributed by atoms with Crippen molar-refractivity contribution in [2.75, 3.05) is 6.61 Å². The number of nitrogens with two attached hydrogens (primary N) is 1. The van der Waals surface area contributed by atoms with Gasteiger partial charge in [0.2, 0.25) is 0 Å². The molecule has 0 fully saturated rings. The Morgan fingerprint density at radius 3 is 2.83 bits per heavy atom. The second-order valence-electron chi connectivity index (χ2n) is 1.95. The molecule has 0 amide bonds. The van der Waals surface area contributed by atoms with E-state index in [-0.39, 0.29) is 12.4 Å². The average molecular weight is 194 g/mol. The Hall–Kier alpha value is -0.650. The molecular weight excluding hydrogens is 182 g/mol. The van der Waals surface area contributed by atoms with Gasteiger partial charge in [0.15, 0.2) is 5.82 Å². The standard InChI is InChI=1S/C6H11N3O2.ClH/c1-2-10-4-6-8-5(3-7)9-11-6;/h2-4,7H2,1H3;1H. The van der Waals surface area contributed by atoms with Crippen molar-refractivity contribution in [3.8, 4) is 0 Å². The minimum atomic E-state index is 0. The summed E-state index contributed by atoms with van der Waals surface area (Å²) in [5.41, 5.74) is 5.27. The maximum Gasteiger partial charge on any atom is 0.252 e. The third-order valence-corrected chi connectivity index (χ3v) is 1.12. The molecule has 0 aliphatic heterocycles. The fourth-order valence-electron chi connectivity index (χ4n) is 0.621. The Balaban J connectivity index is 0.00000121. The van der Waals surface area contributed by atoms with Gasteiger partial charge in [-0.25, -0.2) is 0 Å². The topological polar surface area (TPSA) is 74.2 Å². The van der Waals surface area contributed by atoms with E-state index in [4.69, 9.17) is 15.0 Å². The highest BCUT2D eigenvalue weighted by molar-refractivity contribution is 5.85. The molecule has 1 aromatic rings. The molecule has 0 atom stereocenters. The summed E-state index contributed by atoms with van der Waals surface area (Å²) in [4.78, 5) is 3.94. The molecule has 0 bridgehead atoms. The molecule has 0 unspecified atom stereocenters. The van der Waals surface area contributed by atoms with Gasteiger partial charge in [-0.05, 0) is 6.92 Å². The lowest BCUT2D eigenvalue weighted by Gasteiger charge is -1.91. The SMILES string of the molecule is CCOCc1nc(CN)no1.Cl. The first kappa shape index (κ1) is 11.4. The summed E-state index contributed by atoms with van der Waals surface area (Å²) < 4.78 is 9.83. The van der Waals surface area contributed by atoms with Crippen LogP contribution >= 0.6 is 12.4 Å². The van der Waals surface area contributed by atoms with Crippen LogP contribution in [0.15, 0.2) is 4.52 Å². The summed E-state index contributed by atoms with van der Waals surface area (Å²) in [6.45, 7) is 3.21. The highest BCUT2D eigenvalue weighted by atomic mass is 35.5. The lowest BCUT2D eigenvalue weighted by molar-refractivity contribution is 0.109. The number of halogens is 1. The van der Waals surface area contributed by atoms with Gasteiger partial charge in [-0.1, -0.05) is 5.16 Å². The van der Waals surface area contributed by atoms with Gasteiger partial charge < -0.3 is 15.0 Å². The first-order valence-electron chi connectivity index (χ1n) is 3.46. The van der Waals surface area contributed by atoms with Crippen molar-refractivity contribution < 1.29 is 9.26 Å². The summed E-state index contributed by atoms with van der Waals surface area (Å²) in [6.07, 6.45) is 0. The predicted molar refractivity (Wildman–Crippen MR) is 44.8 cm³/mol. The van der Waals surface area contributed by atoms with E-state index in [0.717, 1.165) is 0 Å². The molecule has 0 spiro atoms. The average Bonchev–Trinajstić information content (AvgIpc) is 2.48. The molecule has 0 aliphatic rings. The minimum Gasteiger partial charge on any atom is -0.372 e. The second kappa shape index (κ2) is 5.93. The second-order valence-corrected chi connectivity index (χ2v) is 1.95. The molecular formula is C6H12ClN3O2. The van der Waals surface area contributed by atoms with Crippen molar-refractivity contribution in [1.82, 2.24) is 10.1 Å². The zero-order valence-corrected chi connectivity index (χ0v) is 7.63. The quantitative estimate of drug-likeness (QED) is 0.753. The molecule has 0 saturated carbocycles. The van der Waals surface area contributed by atoms with E-state index in [1.54, 1.807) is 0 Å². The number of rotatable bonds is 4. The summed E-state index contributed by atoms with van der Waals surface area (Å²) in [5, 5.41) is 3.60. The molecule has 12 heavy (non-hydrogen) atoms. The molecule has 0 aromatic carbocycles. The van der Waals surface area contributed by atoms with E-state index in [9.17, 15) is 0 Å². The lowest BCUT2D eigenvalue weighted by atomic mass is 10.6. The van der Waals surface area contributed by atoms with Gasteiger partial charge in [0.05, 0.1) is 6.54 Å². The lowest BCUT2D eigenvalue weighted by Crippen LogP contribution is -1.98. The van der Waals surface area contributed by atoms with Crippen LogP contribution in [0.5, 0.6) is 0 Å². The molecule has 0 saturated heterocycles. The largest absolute Gasteiger partial charge is 0.372 e. The van der Waals surface area contributed by atoms with Crippen LogP contribution in [-0.4, -0.2) is 16.7 Å². The zero-order valence-electron chi connectivity index (χ0n) is 6.82. The molecule has 6 heteroatoms. The molecule has 2 N–H and O–H groups in total. The molecule has 0 radical (unpaired) electrons. The van der Waals surface area contributed by atoms with Crippen molar-refractivity contribution >= 4 is 12.4 Å². The fourth-order valence-corrected chi connectivity index (χ4v) is 0.621. The molecule has 70 valence electrons. The number of ether oxygens (including phenoxy) is 1. The Morgan fingerprint density at radius 1 is 1.58 bits per heavy atom. The zero-order chi connectivity index (χ0) is 8.10. The summed E-state index contributed by atoms with van der Waals surface area (Å²) in [5.74, 6) is 0.993. The molecule has 1 rings (SSSR count). The summed E-state index contributed by atoms with van der Waals surface area (Å²) in [6, 6.07) is 0. The van der Waals surface area contributed by atoms with Gasteiger partial charge >= 0.3 is 0 Å². The first-order valence-corrected chi connectivity index (χ1v) is 3.46. The van der Waals surface area contributed by atoms with E-state index in [0.29, 0.717) is 31.5 Å². The number of aromatic nitrogens is 2. The highest BCUT2D eigenvalue weighted by Crippen LogP contribution is 1.97. The molecule has 1 heterocycles. The molecule has 5 nitrogen and oxygen atoms in total. The first-order chi connectivity index (χ1) is 5.36. The third-order valence-electron chi connectivity index (χ3n) is 1.12. The Morgan fingerprint density at radius 2 is 2.33 bits per heavy atom. The van der Waals surface area contributed by atoms with Crippen LogP contribution in [0.4, 0.5) is 0 Å². The van der Waals surface area contributed by atoms with Crippen molar-refractivity contribution in [1.29, 1.82) is 0 Å². The van der Waals surface area contributed by atoms with E-state index >= 15 is 0 Å². The summed E-state index contributed by atoms with van der Waals surface area (Å²) >= 11 is 0. The van der Waals surface area contributed by atoms with Crippen molar-refractivity contribution in [3.05, 3.63) is 11.7 Å². The van der Waals surface area contributed by atoms with Crippen LogP contribution in [0.1, 0.15) is 18.6 Å². The van der Waals surface area contributed by atoms with Crippen LogP contribution in [0.25, 0.3) is 0 Å². The summed E-state index contributed by atoms with van der Waals surface area (Å²) in [7, 11) is 0. The number of nitrogens with zero attached hydrogens (tertiary/aromatic N) is 2. The van der Waals surface area contributed by atoms with Crippen molar-refractivity contribution in [2.45, 2.75) is 20.1 Å². The Bertz CT molecular complexity index is 216. The number of hydrogen-bond acceptors (Lipinski definition) is 5. The van der Waals surface area contributed by atoms with Crippen LogP contribution in [0.2, 0.25) is 0 Å². The fraction of sp³-hybridized carbons (Fsp3) is 0.667. The maximum absolute atomic E-state index is 5.27. The van der Waals surface area contributed by atoms with Gasteiger partial charge in [0, 0.05) is 6.61 Å². The number of hydrogen-bond donors (Lipinski definition) is 1. The monoisotopic (exact) mass is 193 g/mol. The van der Waals surface area contributed by atoms with Crippen LogP contribution < -0.4 is 5.73 Å². The normalized spacial score (nSPS) is 9.50. The van der Waals surface area contributed by atoms with Gasteiger partial charge in [0.25, 0.3) is 5.89 Å². The van der Waals surface area contributed by atoms with E-state index < -0.39 is 0 Å². The van der Waals surface area contributed by atoms with Gasteiger partial charge in [-0.3, -0.25) is 0 Å². The van der Waals surface area contributed by atoms with Crippen LogP contribution in [0, 0.1) is 0 Å². The van der Waals surface area contributed by atoms with Crippen LogP contribution in [0.3, 0.4) is 0 Å². The Labute approximate surface area is 76.7 Å². The van der Waals surface area contributed by atoms with E-state index in [1.807, 2.05) is 6.92 Å². The van der Waals surface area contributed by atoms with Gasteiger partial charge in [-0.15, -0.1) is 12.4 Å². The van der Waals surface area contributed by atoms with Gasteiger partial charge in [0.1, 0.15) is 6.61 Å². The maximum atomic E-state index is 5.27. The third kappa shape index (κ3) is 3.17. The Kier molecular flexibility index (Phi) is 5.61. The van der Waals surface area contributed by atoms with Crippen molar-refractivity contribution in [3.63, 3.8) is 0 Å². The minimum absolute atomic E-state index is 0. The predicted octanol–water partition coefficient (Wildman–Crippen LogP) is 0.487. The van der Waals surface area contributed by atoms with Crippen LogP contribution in [-0.2, 0) is 17.9 Å². The van der Waals surface area contributed by atoms with E-state index in [2.05, 4.69) is 10.1 Å². The van der Waals surface area contributed by atoms with Crippen molar-refractivity contribution in [2.24, 2.45) is 5.73 Å².